The third-order valence-corrected chi connectivity index (χ3v) is 3.35. The maximum atomic E-state index is 11.7. The van der Waals surface area contributed by atoms with E-state index in [2.05, 4.69) is 14.9 Å². The fourth-order valence-corrected chi connectivity index (χ4v) is 2.36. The van der Waals surface area contributed by atoms with Crippen molar-refractivity contribution in [2.24, 2.45) is 0 Å². The second-order valence-electron chi connectivity index (χ2n) is 4.70. The molecule has 102 valence electrons. The fraction of sp³-hybridized carbons (Fsp3) is 0.583. The van der Waals surface area contributed by atoms with Crippen LogP contribution in [0.15, 0.2) is 12.4 Å². The summed E-state index contributed by atoms with van der Waals surface area (Å²) in [5.41, 5.74) is 0. The molecule has 7 heteroatoms. The first-order valence-corrected chi connectivity index (χ1v) is 6.37. The van der Waals surface area contributed by atoms with Gasteiger partial charge in [0.25, 0.3) is 0 Å². The first-order valence-electron chi connectivity index (χ1n) is 6.37. The highest BCUT2D eigenvalue weighted by Gasteiger charge is 2.30. The standard InChI is InChI=1S/C12H16N4O3/c17-9-5-12(18)16(7-9)11-6-10(13-8-14-11)15-1-3-19-4-2-15/h6,8-9,17H,1-5,7H2. The molecule has 2 saturated heterocycles. The van der Waals surface area contributed by atoms with Crippen LogP contribution >= 0.6 is 0 Å². The molecule has 0 bridgehead atoms. The van der Waals surface area contributed by atoms with Crippen molar-refractivity contribution in [3.8, 4) is 0 Å². The molecule has 0 saturated carbocycles. The smallest absolute Gasteiger partial charge is 0.230 e. The second-order valence-corrected chi connectivity index (χ2v) is 4.70. The predicted molar refractivity (Wildman–Crippen MR) is 68.0 cm³/mol. The highest BCUT2D eigenvalue weighted by atomic mass is 16.5. The van der Waals surface area contributed by atoms with E-state index in [9.17, 15) is 9.90 Å². The molecule has 0 aromatic carbocycles. The van der Waals surface area contributed by atoms with Gasteiger partial charge in [-0.25, -0.2) is 9.97 Å². The highest BCUT2D eigenvalue weighted by molar-refractivity contribution is 5.95. The third-order valence-electron chi connectivity index (χ3n) is 3.35. The van der Waals surface area contributed by atoms with Crippen LogP contribution in [0.5, 0.6) is 0 Å². The first kappa shape index (κ1) is 12.3. The number of carbonyl (C=O) groups excluding carboxylic acids is 1. The lowest BCUT2D eigenvalue weighted by Gasteiger charge is -2.28. The number of amides is 1. The molecule has 0 aliphatic carbocycles. The van der Waals surface area contributed by atoms with Crippen LogP contribution < -0.4 is 9.80 Å². The van der Waals surface area contributed by atoms with E-state index >= 15 is 0 Å². The van der Waals surface area contributed by atoms with Gasteiger partial charge in [0.1, 0.15) is 18.0 Å². The van der Waals surface area contributed by atoms with Crippen LogP contribution in [0, 0.1) is 0 Å². The normalized spacial score (nSPS) is 24.1. The number of nitrogens with zero attached hydrogens (tertiary/aromatic N) is 4. The molecular weight excluding hydrogens is 248 g/mol. The van der Waals surface area contributed by atoms with Crippen molar-refractivity contribution in [1.29, 1.82) is 0 Å². The van der Waals surface area contributed by atoms with E-state index < -0.39 is 6.10 Å². The van der Waals surface area contributed by atoms with Gasteiger partial charge in [0.2, 0.25) is 5.91 Å². The second kappa shape index (κ2) is 5.10. The zero-order valence-corrected chi connectivity index (χ0v) is 10.5. The molecule has 1 aromatic heterocycles. The van der Waals surface area contributed by atoms with Gasteiger partial charge in [0, 0.05) is 19.2 Å². The maximum Gasteiger partial charge on any atom is 0.230 e. The molecule has 3 rings (SSSR count). The Labute approximate surface area is 110 Å². The minimum Gasteiger partial charge on any atom is -0.391 e. The van der Waals surface area contributed by atoms with Crippen LogP contribution in [0.1, 0.15) is 6.42 Å². The minimum absolute atomic E-state index is 0.0980. The van der Waals surface area contributed by atoms with Crippen LogP contribution in [-0.2, 0) is 9.53 Å². The number of morpholine rings is 1. The van der Waals surface area contributed by atoms with Crippen molar-refractivity contribution in [1.82, 2.24) is 9.97 Å². The van der Waals surface area contributed by atoms with Crippen molar-refractivity contribution >= 4 is 17.5 Å². The Kier molecular flexibility index (Phi) is 3.31. The van der Waals surface area contributed by atoms with Gasteiger partial charge >= 0.3 is 0 Å². The van der Waals surface area contributed by atoms with Gasteiger partial charge in [-0.3, -0.25) is 9.69 Å². The number of carbonyl (C=O) groups is 1. The number of aromatic nitrogens is 2. The molecule has 0 spiro atoms. The van der Waals surface area contributed by atoms with E-state index in [-0.39, 0.29) is 12.3 Å². The molecule has 1 unspecified atom stereocenters. The monoisotopic (exact) mass is 264 g/mol. The Morgan fingerprint density at radius 3 is 2.68 bits per heavy atom. The fourth-order valence-electron chi connectivity index (χ4n) is 2.36. The van der Waals surface area contributed by atoms with E-state index in [0.717, 1.165) is 18.9 Å². The van der Waals surface area contributed by atoms with Crippen molar-refractivity contribution < 1.29 is 14.6 Å². The van der Waals surface area contributed by atoms with Crippen molar-refractivity contribution in [3.05, 3.63) is 12.4 Å². The van der Waals surface area contributed by atoms with Gasteiger partial charge in [0.05, 0.1) is 32.3 Å². The molecule has 3 heterocycles. The molecule has 2 aliphatic rings. The quantitative estimate of drug-likeness (QED) is 0.769. The van der Waals surface area contributed by atoms with Gasteiger partial charge in [-0.15, -0.1) is 0 Å². The number of hydrogen-bond donors (Lipinski definition) is 1. The zero-order valence-electron chi connectivity index (χ0n) is 10.5. The summed E-state index contributed by atoms with van der Waals surface area (Å²) in [4.78, 5) is 23.7. The average Bonchev–Trinajstić information content (AvgIpc) is 2.79. The molecule has 19 heavy (non-hydrogen) atoms. The summed E-state index contributed by atoms with van der Waals surface area (Å²) in [6, 6.07) is 1.79. The summed E-state index contributed by atoms with van der Waals surface area (Å²) in [6.07, 6.45) is 1.02. The SMILES string of the molecule is O=C1CC(O)CN1c1cc(N2CCOCC2)ncn1. The summed E-state index contributed by atoms with van der Waals surface area (Å²) in [5, 5.41) is 9.52. The van der Waals surface area contributed by atoms with Gasteiger partial charge in [-0.2, -0.15) is 0 Å². The molecule has 1 N–H and O–H groups in total. The minimum atomic E-state index is -0.602. The molecule has 1 atom stereocenters. The van der Waals surface area contributed by atoms with E-state index in [4.69, 9.17) is 4.74 Å². The van der Waals surface area contributed by atoms with Crippen molar-refractivity contribution in [3.63, 3.8) is 0 Å². The van der Waals surface area contributed by atoms with Gasteiger partial charge in [0.15, 0.2) is 0 Å². The summed E-state index contributed by atoms with van der Waals surface area (Å²) in [5.74, 6) is 1.25. The number of rotatable bonds is 2. The number of ether oxygens (including phenoxy) is 1. The lowest BCUT2D eigenvalue weighted by Crippen LogP contribution is -2.37. The average molecular weight is 264 g/mol. The van der Waals surface area contributed by atoms with Crippen LogP contribution in [0.25, 0.3) is 0 Å². The lowest BCUT2D eigenvalue weighted by atomic mass is 10.3. The Morgan fingerprint density at radius 1 is 1.26 bits per heavy atom. The van der Waals surface area contributed by atoms with Crippen LogP contribution in [0.4, 0.5) is 11.6 Å². The van der Waals surface area contributed by atoms with Gasteiger partial charge in [-0.1, -0.05) is 0 Å². The molecule has 1 aromatic rings. The van der Waals surface area contributed by atoms with E-state index in [0.29, 0.717) is 25.6 Å². The number of anilines is 2. The van der Waals surface area contributed by atoms with Crippen molar-refractivity contribution in [2.75, 3.05) is 42.6 Å². The topological polar surface area (TPSA) is 78.8 Å². The van der Waals surface area contributed by atoms with Crippen molar-refractivity contribution in [2.45, 2.75) is 12.5 Å². The Hall–Kier alpha value is -1.73. The first-order chi connectivity index (χ1) is 9.24. The largest absolute Gasteiger partial charge is 0.391 e. The molecule has 0 radical (unpaired) electrons. The zero-order chi connectivity index (χ0) is 13.2. The molecular formula is C12H16N4O3. The van der Waals surface area contributed by atoms with E-state index in [1.165, 1.54) is 11.2 Å². The Bertz CT molecular complexity index is 476. The van der Waals surface area contributed by atoms with Crippen LogP contribution in [0.3, 0.4) is 0 Å². The molecule has 2 aliphatic heterocycles. The Balaban J connectivity index is 1.81. The van der Waals surface area contributed by atoms with Crippen LogP contribution in [-0.4, -0.2) is 59.9 Å². The summed E-state index contributed by atoms with van der Waals surface area (Å²) in [6.45, 7) is 3.24. The van der Waals surface area contributed by atoms with Gasteiger partial charge in [-0.05, 0) is 0 Å². The summed E-state index contributed by atoms with van der Waals surface area (Å²) < 4.78 is 5.30. The highest BCUT2D eigenvalue weighted by Crippen LogP contribution is 2.22. The lowest BCUT2D eigenvalue weighted by molar-refractivity contribution is -0.117. The van der Waals surface area contributed by atoms with Gasteiger partial charge < -0.3 is 14.7 Å². The van der Waals surface area contributed by atoms with E-state index in [1.54, 1.807) is 6.07 Å². The Morgan fingerprint density at radius 2 is 2.00 bits per heavy atom. The van der Waals surface area contributed by atoms with Crippen LogP contribution in [0.2, 0.25) is 0 Å². The number of aliphatic hydroxyl groups is 1. The molecule has 1 amide bonds. The summed E-state index contributed by atoms with van der Waals surface area (Å²) >= 11 is 0. The number of aliphatic hydroxyl groups excluding tert-OH is 1. The molecule has 2 fully saturated rings. The summed E-state index contributed by atoms with van der Waals surface area (Å²) in [7, 11) is 0. The molecule has 7 nitrogen and oxygen atoms in total. The maximum absolute atomic E-state index is 11.7. The number of hydrogen-bond acceptors (Lipinski definition) is 6. The van der Waals surface area contributed by atoms with E-state index in [1.807, 2.05) is 0 Å². The third kappa shape index (κ3) is 2.52. The number of β-amino-alcohol motifs (C(OH)–C–C–N with tert-alkyl or cyclic N) is 1. The predicted octanol–water partition coefficient (Wildman–Crippen LogP) is -0.589.